The summed E-state index contributed by atoms with van der Waals surface area (Å²) in [6.45, 7) is 9.35. The van der Waals surface area contributed by atoms with E-state index in [9.17, 15) is 4.79 Å². The molecule has 1 heterocycles. The number of unbranched alkanes of at least 4 members (excludes halogenated alkanes) is 12. The molecule has 0 N–H and O–H groups in total. The summed E-state index contributed by atoms with van der Waals surface area (Å²) >= 11 is 0. The highest BCUT2D eigenvalue weighted by atomic mass is 16.1. The van der Waals surface area contributed by atoms with Crippen LogP contribution in [0.4, 0.5) is 0 Å². The molecule has 30 heavy (non-hydrogen) atoms. The van der Waals surface area contributed by atoms with Crippen molar-refractivity contribution in [3.63, 3.8) is 0 Å². The van der Waals surface area contributed by atoms with Gasteiger partial charge in [-0.25, -0.2) is 0 Å². The van der Waals surface area contributed by atoms with Gasteiger partial charge in [-0.15, -0.1) is 0 Å². The Morgan fingerprint density at radius 1 is 0.867 bits per heavy atom. The summed E-state index contributed by atoms with van der Waals surface area (Å²) in [5.41, 5.74) is 1.56. The molecule has 0 aromatic heterocycles. The van der Waals surface area contributed by atoms with Crippen LogP contribution in [0.5, 0.6) is 0 Å². The van der Waals surface area contributed by atoms with E-state index in [1.54, 1.807) is 5.57 Å². The Morgan fingerprint density at radius 3 is 1.90 bits per heavy atom. The lowest BCUT2D eigenvalue weighted by Crippen LogP contribution is -2.31. The maximum Gasteiger partial charge on any atom is 0.119 e. The zero-order valence-electron chi connectivity index (χ0n) is 20.6. The molecule has 0 radical (unpaired) electrons. The summed E-state index contributed by atoms with van der Waals surface area (Å²) in [6, 6.07) is 0. The van der Waals surface area contributed by atoms with E-state index in [1.165, 1.54) is 122 Å². The Bertz CT molecular complexity index is 411. The van der Waals surface area contributed by atoms with Gasteiger partial charge in [0, 0.05) is 6.42 Å². The Hall–Kier alpha value is -0.630. The Balaban J connectivity index is 2.27. The quantitative estimate of drug-likeness (QED) is 0.112. The number of rotatable bonds is 20. The molecule has 1 aliphatic rings. The third-order valence-electron chi connectivity index (χ3n) is 7.25. The third-order valence-corrected chi connectivity index (χ3v) is 7.25. The van der Waals surface area contributed by atoms with Crippen molar-refractivity contribution in [2.45, 2.75) is 129 Å². The molecule has 0 amide bonds. The van der Waals surface area contributed by atoms with E-state index in [4.69, 9.17) is 0 Å². The van der Waals surface area contributed by atoms with Gasteiger partial charge in [0.05, 0.1) is 0 Å². The maximum atomic E-state index is 10.4. The molecule has 0 aromatic carbocycles. The van der Waals surface area contributed by atoms with Crippen LogP contribution in [-0.2, 0) is 4.79 Å². The molecule has 1 atom stereocenters. The van der Waals surface area contributed by atoms with Crippen LogP contribution in [0.2, 0.25) is 0 Å². The SMILES string of the molecule is C=C(CC(CCCCCCCCC)CCCCCCCCC=O)C1CCN(C)CC1. The smallest absolute Gasteiger partial charge is 0.119 e. The standard InChI is InChI=1S/C28H53NO/c1-4-5-6-7-9-12-15-18-27(19-16-13-10-8-11-14-17-24-30)25-26(2)28-20-22-29(3)23-21-28/h24,27-28H,2,4-23,25H2,1,3H3. The number of aldehydes is 1. The van der Waals surface area contributed by atoms with Crippen LogP contribution >= 0.6 is 0 Å². The second-order valence-electron chi connectivity index (χ2n) is 10.1. The summed E-state index contributed by atoms with van der Waals surface area (Å²) in [5.74, 6) is 1.64. The maximum absolute atomic E-state index is 10.4. The number of likely N-dealkylation sites (tertiary alicyclic amines) is 1. The van der Waals surface area contributed by atoms with Gasteiger partial charge >= 0.3 is 0 Å². The topological polar surface area (TPSA) is 20.3 Å². The van der Waals surface area contributed by atoms with Gasteiger partial charge in [-0.3, -0.25) is 0 Å². The van der Waals surface area contributed by atoms with Crippen LogP contribution < -0.4 is 0 Å². The average molecular weight is 420 g/mol. The number of hydrogen-bond acceptors (Lipinski definition) is 2. The molecule has 1 fully saturated rings. The molecule has 0 bridgehead atoms. The molecule has 0 aromatic rings. The number of piperidine rings is 1. The highest BCUT2D eigenvalue weighted by Gasteiger charge is 2.21. The first-order valence-corrected chi connectivity index (χ1v) is 13.5. The fourth-order valence-corrected chi connectivity index (χ4v) is 5.06. The van der Waals surface area contributed by atoms with E-state index in [0.717, 1.165) is 31.0 Å². The molecule has 1 unspecified atom stereocenters. The summed E-state index contributed by atoms with van der Waals surface area (Å²) < 4.78 is 0. The van der Waals surface area contributed by atoms with Crippen LogP contribution in [0.1, 0.15) is 129 Å². The minimum atomic E-state index is 0.750. The number of carbonyl (C=O) groups is 1. The first-order valence-electron chi connectivity index (χ1n) is 13.5. The number of nitrogens with zero attached hydrogens (tertiary/aromatic N) is 1. The molecule has 0 spiro atoms. The van der Waals surface area contributed by atoms with Crippen molar-refractivity contribution >= 4 is 6.29 Å². The summed E-state index contributed by atoms with van der Waals surface area (Å²) in [5, 5.41) is 0. The monoisotopic (exact) mass is 419 g/mol. The van der Waals surface area contributed by atoms with Crippen molar-refractivity contribution < 1.29 is 4.79 Å². The van der Waals surface area contributed by atoms with Crippen molar-refractivity contribution in [2.75, 3.05) is 20.1 Å². The minimum absolute atomic E-state index is 0.750. The van der Waals surface area contributed by atoms with Gasteiger partial charge < -0.3 is 9.69 Å². The second kappa shape index (κ2) is 19.1. The van der Waals surface area contributed by atoms with Crippen molar-refractivity contribution in [3.05, 3.63) is 12.2 Å². The predicted octanol–water partition coefficient (Wildman–Crippen LogP) is 8.35. The molecule has 2 heteroatoms. The molecule has 2 nitrogen and oxygen atoms in total. The van der Waals surface area contributed by atoms with Gasteiger partial charge in [0.1, 0.15) is 6.29 Å². The third kappa shape index (κ3) is 14.4. The van der Waals surface area contributed by atoms with E-state index in [-0.39, 0.29) is 0 Å². The van der Waals surface area contributed by atoms with Gasteiger partial charge in [-0.1, -0.05) is 109 Å². The predicted molar refractivity (Wildman–Crippen MR) is 133 cm³/mol. The van der Waals surface area contributed by atoms with Crippen molar-refractivity contribution in [1.82, 2.24) is 4.90 Å². The summed E-state index contributed by atoms with van der Waals surface area (Å²) in [6.07, 6.45) is 26.2. The van der Waals surface area contributed by atoms with Crippen molar-refractivity contribution in [2.24, 2.45) is 11.8 Å². The van der Waals surface area contributed by atoms with Crippen LogP contribution in [0.15, 0.2) is 12.2 Å². The number of carbonyl (C=O) groups excluding carboxylic acids is 1. The Kier molecular flexibility index (Phi) is 17.4. The molecule has 1 rings (SSSR count). The van der Waals surface area contributed by atoms with Crippen LogP contribution in [-0.4, -0.2) is 31.3 Å². The van der Waals surface area contributed by atoms with Gasteiger partial charge in [0.15, 0.2) is 0 Å². The Labute approximate surface area is 189 Å². The van der Waals surface area contributed by atoms with E-state index in [2.05, 4.69) is 25.5 Å². The molecule has 0 aliphatic carbocycles. The van der Waals surface area contributed by atoms with Crippen molar-refractivity contribution in [1.29, 1.82) is 0 Å². The fourth-order valence-electron chi connectivity index (χ4n) is 5.06. The average Bonchev–Trinajstić information content (AvgIpc) is 2.75. The lowest BCUT2D eigenvalue weighted by Gasteiger charge is -2.31. The summed E-state index contributed by atoms with van der Waals surface area (Å²) in [4.78, 5) is 12.9. The lowest BCUT2D eigenvalue weighted by atomic mass is 9.81. The van der Waals surface area contributed by atoms with Crippen LogP contribution in [0, 0.1) is 11.8 Å². The summed E-state index contributed by atoms with van der Waals surface area (Å²) in [7, 11) is 2.25. The van der Waals surface area contributed by atoms with E-state index in [0.29, 0.717) is 0 Å². The van der Waals surface area contributed by atoms with E-state index in [1.807, 2.05) is 0 Å². The lowest BCUT2D eigenvalue weighted by molar-refractivity contribution is -0.107. The molecule has 1 saturated heterocycles. The highest BCUT2D eigenvalue weighted by Crippen LogP contribution is 2.31. The first-order chi connectivity index (χ1) is 14.7. The fraction of sp³-hybridized carbons (Fsp3) is 0.893. The van der Waals surface area contributed by atoms with Crippen LogP contribution in [0.25, 0.3) is 0 Å². The molecular weight excluding hydrogens is 366 g/mol. The number of hydrogen-bond donors (Lipinski definition) is 0. The van der Waals surface area contributed by atoms with Gasteiger partial charge in [0.25, 0.3) is 0 Å². The second-order valence-corrected chi connectivity index (χ2v) is 10.1. The molecule has 1 aliphatic heterocycles. The van der Waals surface area contributed by atoms with Crippen molar-refractivity contribution in [3.8, 4) is 0 Å². The minimum Gasteiger partial charge on any atom is -0.306 e. The zero-order valence-corrected chi connectivity index (χ0v) is 20.6. The largest absolute Gasteiger partial charge is 0.306 e. The molecule has 176 valence electrons. The van der Waals surface area contributed by atoms with Crippen LogP contribution in [0.3, 0.4) is 0 Å². The van der Waals surface area contributed by atoms with E-state index < -0.39 is 0 Å². The highest BCUT2D eigenvalue weighted by molar-refractivity contribution is 5.48. The zero-order chi connectivity index (χ0) is 21.9. The normalized spacial score (nSPS) is 16.6. The van der Waals surface area contributed by atoms with Gasteiger partial charge in [-0.05, 0) is 57.7 Å². The molecular formula is C28H53NO. The first kappa shape index (κ1) is 27.4. The number of allylic oxidation sites excluding steroid dienone is 1. The Morgan fingerprint density at radius 2 is 1.37 bits per heavy atom. The van der Waals surface area contributed by atoms with E-state index >= 15 is 0 Å². The molecule has 0 saturated carbocycles. The van der Waals surface area contributed by atoms with Gasteiger partial charge in [0.2, 0.25) is 0 Å². The van der Waals surface area contributed by atoms with Gasteiger partial charge in [-0.2, -0.15) is 0 Å².